The second-order valence-electron chi connectivity index (χ2n) is 3.30. The highest BCUT2D eigenvalue weighted by atomic mass is 32.2. The fraction of sp³-hybridized carbons (Fsp3) is 0.636. The van der Waals surface area contributed by atoms with Gasteiger partial charge in [0.15, 0.2) is 5.57 Å². The van der Waals surface area contributed by atoms with Crippen LogP contribution in [0, 0.1) is 16.1 Å². The van der Waals surface area contributed by atoms with Crippen LogP contribution in [0.2, 0.25) is 0 Å². The van der Waals surface area contributed by atoms with E-state index >= 15 is 0 Å². The van der Waals surface area contributed by atoms with Crippen LogP contribution in [0.3, 0.4) is 0 Å². The van der Waals surface area contributed by atoms with Crippen LogP contribution in [0.15, 0.2) is 15.6 Å². The number of hydrogen-bond acceptors (Lipinski definition) is 5. The molecule has 96 valence electrons. The third-order valence-electron chi connectivity index (χ3n) is 2.22. The molecule has 0 radical (unpaired) electrons. The predicted molar refractivity (Wildman–Crippen MR) is 68.5 cm³/mol. The van der Waals surface area contributed by atoms with Crippen molar-refractivity contribution in [1.82, 2.24) is 0 Å². The smallest absolute Gasteiger partial charge is 0.350 e. The zero-order valence-electron chi connectivity index (χ0n) is 10.7. The van der Waals surface area contributed by atoms with Crippen LogP contribution in [0.5, 0.6) is 0 Å². The second kappa shape index (κ2) is 7.07. The molecule has 0 saturated heterocycles. The number of nitrogens with one attached hydrogen (secondary N) is 1. The van der Waals surface area contributed by atoms with Crippen molar-refractivity contribution in [2.75, 3.05) is 18.1 Å². The fourth-order valence-electron chi connectivity index (χ4n) is 1.12. The summed E-state index contributed by atoms with van der Waals surface area (Å²) in [6, 6.07) is 1.80. The number of allylic oxidation sites excluding steroid dienone is 1. The Hall–Kier alpha value is -1.35. The van der Waals surface area contributed by atoms with Crippen molar-refractivity contribution in [3.05, 3.63) is 11.3 Å². The van der Waals surface area contributed by atoms with Crippen molar-refractivity contribution >= 4 is 15.6 Å². The summed E-state index contributed by atoms with van der Waals surface area (Å²) in [6.45, 7) is 7.25. The van der Waals surface area contributed by atoms with Gasteiger partial charge in [0.25, 0.3) is 0 Å². The number of esters is 1. The summed E-state index contributed by atoms with van der Waals surface area (Å²) in [7, 11) is -1.86. The number of carbonyl (C=O) groups is 1. The van der Waals surface area contributed by atoms with Gasteiger partial charge in [-0.1, -0.05) is 23.5 Å². The Balaban J connectivity index is 5.50. The van der Waals surface area contributed by atoms with Crippen LogP contribution in [0.1, 0.15) is 27.7 Å². The maximum absolute atomic E-state index is 11.5. The van der Waals surface area contributed by atoms with Gasteiger partial charge in [-0.15, -0.1) is 0 Å². The molecule has 0 atom stereocenters. The lowest BCUT2D eigenvalue weighted by Crippen LogP contribution is -2.09. The topological polar surface area (TPSA) is 86.3 Å². The molecule has 0 fully saturated rings. The van der Waals surface area contributed by atoms with Crippen LogP contribution in [-0.2, 0) is 19.2 Å². The van der Waals surface area contributed by atoms with E-state index in [0.717, 1.165) is 0 Å². The minimum atomic E-state index is -1.86. The zero-order valence-corrected chi connectivity index (χ0v) is 11.6. The normalized spacial score (nSPS) is 12.4. The quantitative estimate of drug-likeness (QED) is 0.466. The van der Waals surface area contributed by atoms with Crippen LogP contribution < -0.4 is 0 Å². The molecule has 0 aromatic heterocycles. The van der Waals surface area contributed by atoms with Gasteiger partial charge in [-0.05, 0) is 13.8 Å². The first kappa shape index (κ1) is 15.7. The Labute approximate surface area is 103 Å². The zero-order chi connectivity index (χ0) is 13.5. The summed E-state index contributed by atoms with van der Waals surface area (Å²) in [5, 5.41) is 8.92. The molecular weight excluding hydrogens is 238 g/mol. The number of rotatable bonds is 5. The van der Waals surface area contributed by atoms with E-state index in [1.807, 2.05) is 13.8 Å². The molecule has 0 aliphatic heterocycles. The van der Waals surface area contributed by atoms with Crippen molar-refractivity contribution in [2.24, 2.45) is 4.36 Å². The Morgan fingerprint density at radius 3 is 2.29 bits per heavy atom. The molecule has 0 aliphatic rings. The van der Waals surface area contributed by atoms with E-state index in [9.17, 15) is 4.79 Å². The summed E-state index contributed by atoms with van der Waals surface area (Å²) >= 11 is 0. The highest BCUT2D eigenvalue weighted by molar-refractivity contribution is 7.94. The summed E-state index contributed by atoms with van der Waals surface area (Å²) in [5.74, 6) is 0.565. The first-order valence-electron chi connectivity index (χ1n) is 5.48. The molecule has 0 rings (SSSR count). The van der Waals surface area contributed by atoms with Gasteiger partial charge < -0.3 is 4.74 Å². The second-order valence-corrected chi connectivity index (χ2v) is 6.33. The highest BCUT2D eigenvalue weighted by Gasteiger charge is 2.14. The highest BCUT2D eigenvalue weighted by Crippen LogP contribution is 2.11. The fourth-order valence-corrected chi connectivity index (χ4v) is 2.40. The van der Waals surface area contributed by atoms with E-state index in [1.54, 1.807) is 19.9 Å². The molecule has 1 N–H and O–H groups in total. The number of nitriles is 1. The monoisotopic (exact) mass is 257 g/mol. The first-order chi connectivity index (χ1) is 7.94. The molecule has 0 bridgehead atoms. The van der Waals surface area contributed by atoms with Crippen LogP contribution in [-0.4, -0.2) is 24.1 Å². The minimum absolute atomic E-state index is 0.0992. The Morgan fingerprint density at radius 1 is 1.41 bits per heavy atom. The van der Waals surface area contributed by atoms with E-state index in [4.69, 9.17) is 14.8 Å². The van der Waals surface area contributed by atoms with E-state index in [0.29, 0.717) is 17.2 Å². The van der Waals surface area contributed by atoms with Gasteiger partial charge in [0.2, 0.25) is 0 Å². The van der Waals surface area contributed by atoms with Gasteiger partial charge in [0.1, 0.15) is 6.07 Å². The van der Waals surface area contributed by atoms with E-state index in [1.165, 1.54) is 0 Å². The number of hydrogen-bond donors (Lipinski definition) is 1. The third kappa shape index (κ3) is 4.57. The summed E-state index contributed by atoms with van der Waals surface area (Å²) < 4.78 is 17.1. The standard InChI is InChI=1S/C11H19N3O2S/c1-5-16-11(15)10(8-12)9(4)14-17(13,6-2)7-3/h13H,5-7H2,1-4H3/b10-9-. The minimum Gasteiger partial charge on any atom is -0.462 e. The molecular formula is C11H19N3O2S. The summed E-state index contributed by atoms with van der Waals surface area (Å²) in [4.78, 5) is 11.5. The summed E-state index contributed by atoms with van der Waals surface area (Å²) in [6.07, 6.45) is 0. The van der Waals surface area contributed by atoms with Gasteiger partial charge in [-0.25, -0.2) is 9.16 Å². The summed E-state index contributed by atoms with van der Waals surface area (Å²) in [5.41, 5.74) is 0.206. The molecule has 0 spiro atoms. The van der Waals surface area contributed by atoms with Crippen molar-refractivity contribution in [2.45, 2.75) is 27.7 Å². The maximum atomic E-state index is 11.5. The van der Waals surface area contributed by atoms with E-state index < -0.39 is 15.6 Å². The lowest BCUT2D eigenvalue weighted by Gasteiger charge is -2.09. The lowest BCUT2D eigenvalue weighted by atomic mass is 10.2. The van der Waals surface area contributed by atoms with Crippen LogP contribution in [0.25, 0.3) is 0 Å². The molecule has 6 heteroatoms. The SMILES string of the molecule is CCOC(=O)/C(C#N)=C(/C)N=S(=N)(CC)CC. The Bertz CT molecular complexity index is 456. The average molecular weight is 257 g/mol. The maximum Gasteiger partial charge on any atom is 0.350 e. The Kier molecular flexibility index (Phi) is 6.51. The molecule has 0 amide bonds. The molecule has 0 aliphatic carbocycles. The van der Waals surface area contributed by atoms with Crippen LogP contribution >= 0.6 is 0 Å². The van der Waals surface area contributed by atoms with E-state index in [2.05, 4.69) is 4.36 Å². The van der Waals surface area contributed by atoms with Gasteiger partial charge in [-0.3, -0.25) is 4.78 Å². The third-order valence-corrected chi connectivity index (χ3v) is 4.75. The number of carbonyl (C=O) groups excluding carboxylic acids is 1. The Morgan fingerprint density at radius 2 is 1.94 bits per heavy atom. The van der Waals surface area contributed by atoms with Gasteiger partial charge >= 0.3 is 5.97 Å². The number of nitrogens with zero attached hydrogens (tertiary/aromatic N) is 2. The van der Waals surface area contributed by atoms with Crippen molar-refractivity contribution in [3.8, 4) is 6.07 Å². The molecule has 0 saturated carbocycles. The van der Waals surface area contributed by atoms with Crippen molar-refractivity contribution < 1.29 is 9.53 Å². The predicted octanol–water partition coefficient (Wildman–Crippen LogP) is 2.49. The van der Waals surface area contributed by atoms with Gasteiger partial charge in [0, 0.05) is 11.5 Å². The molecule has 5 nitrogen and oxygen atoms in total. The van der Waals surface area contributed by atoms with Gasteiger partial charge in [0.05, 0.1) is 12.3 Å². The molecule has 0 aromatic carbocycles. The van der Waals surface area contributed by atoms with E-state index in [-0.39, 0.29) is 12.2 Å². The molecule has 0 heterocycles. The largest absolute Gasteiger partial charge is 0.462 e. The van der Waals surface area contributed by atoms with Crippen molar-refractivity contribution in [3.63, 3.8) is 0 Å². The van der Waals surface area contributed by atoms with Crippen LogP contribution in [0.4, 0.5) is 0 Å². The molecule has 0 unspecified atom stereocenters. The first-order valence-corrected chi connectivity index (χ1v) is 7.41. The average Bonchev–Trinajstić information content (AvgIpc) is 2.30. The molecule has 17 heavy (non-hydrogen) atoms. The molecule has 0 aromatic rings. The van der Waals surface area contributed by atoms with Crippen molar-refractivity contribution in [1.29, 1.82) is 10.0 Å². The lowest BCUT2D eigenvalue weighted by molar-refractivity contribution is -0.138. The number of ether oxygens (including phenoxy) is 1. The van der Waals surface area contributed by atoms with Gasteiger partial charge in [-0.2, -0.15) is 5.26 Å².